The molecule has 0 aliphatic heterocycles. The maximum Gasteiger partial charge on any atom is 0.264 e. The van der Waals surface area contributed by atoms with E-state index in [9.17, 15) is 13.2 Å². The van der Waals surface area contributed by atoms with E-state index in [0.717, 1.165) is 13.1 Å². The largest absolute Gasteiger partial charge is 0.359 e. The van der Waals surface area contributed by atoms with Crippen molar-refractivity contribution in [2.45, 2.75) is 25.8 Å². The summed E-state index contributed by atoms with van der Waals surface area (Å²) in [5.41, 5.74) is 0. The summed E-state index contributed by atoms with van der Waals surface area (Å²) in [6.45, 7) is 1.95. The van der Waals surface area contributed by atoms with Crippen molar-refractivity contribution in [3.8, 4) is 0 Å². The molecular formula is C8H9ClF3N3. The number of alkyl halides is 2. The smallest absolute Gasteiger partial charge is 0.264 e. The van der Waals surface area contributed by atoms with Gasteiger partial charge in [-0.3, -0.25) is 0 Å². The van der Waals surface area contributed by atoms with Gasteiger partial charge in [-0.1, -0.05) is 0 Å². The van der Waals surface area contributed by atoms with Crippen molar-refractivity contribution in [1.82, 2.24) is 9.97 Å². The van der Waals surface area contributed by atoms with E-state index < -0.39 is 17.8 Å². The number of hydrogen-bond donors (Lipinski definition) is 1. The predicted molar refractivity (Wildman–Crippen MR) is 50.7 cm³/mol. The lowest BCUT2D eigenvalue weighted by atomic mass is 10.2. The van der Waals surface area contributed by atoms with Crippen molar-refractivity contribution in [2.24, 2.45) is 0 Å². The number of anilines is 1. The van der Waals surface area contributed by atoms with Crippen molar-refractivity contribution in [3.63, 3.8) is 0 Å². The van der Waals surface area contributed by atoms with Crippen LogP contribution in [0.5, 0.6) is 0 Å². The Kier molecular flexibility index (Phi) is 3.38. The van der Waals surface area contributed by atoms with Crippen LogP contribution in [0, 0.1) is 5.82 Å². The lowest BCUT2D eigenvalue weighted by molar-refractivity contribution is 0.00680. The molecule has 0 aliphatic rings. The molecule has 0 radical (unpaired) electrons. The third kappa shape index (κ3) is 3.23. The molecule has 1 aromatic rings. The van der Waals surface area contributed by atoms with E-state index in [1.807, 2.05) is 0 Å². The van der Waals surface area contributed by atoms with Crippen molar-refractivity contribution in [1.29, 1.82) is 0 Å². The van der Waals surface area contributed by atoms with Crippen LogP contribution in [-0.4, -0.2) is 21.9 Å². The SMILES string of the molecule is CC(Nc1nc(Cl)ncc1F)C(C)(F)F. The zero-order chi connectivity index (χ0) is 11.6. The van der Waals surface area contributed by atoms with Gasteiger partial charge in [0.2, 0.25) is 5.28 Å². The van der Waals surface area contributed by atoms with E-state index in [0.29, 0.717) is 0 Å². The maximum absolute atomic E-state index is 13.0. The molecule has 84 valence electrons. The zero-order valence-corrected chi connectivity index (χ0v) is 8.82. The number of hydrogen-bond acceptors (Lipinski definition) is 3. The molecule has 1 rings (SSSR count). The highest BCUT2D eigenvalue weighted by atomic mass is 35.5. The highest BCUT2D eigenvalue weighted by Crippen LogP contribution is 2.21. The molecule has 3 nitrogen and oxygen atoms in total. The molecule has 1 atom stereocenters. The first-order valence-corrected chi connectivity index (χ1v) is 4.51. The normalized spacial score (nSPS) is 13.7. The fourth-order valence-corrected chi connectivity index (χ4v) is 0.912. The van der Waals surface area contributed by atoms with E-state index in [2.05, 4.69) is 15.3 Å². The quantitative estimate of drug-likeness (QED) is 0.825. The molecule has 0 bridgehead atoms. The Morgan fingerprint density at radius 1 is 1.53 bits per heavy atom. The molecular weight excluding hydrogens is 231 g/mol. The van der Waals surface area contributed by atoms with Crippen molar-refractivity contribution in [2.75, 3.05) is 5.32 Å². The summed E-state index contributed by atoms with van der Waals surface area (Å²) in [7, 11) is 0. The lowest BCUT2D eigenvalue weighted by Gasteiger charge is -2.21. The average Bonchev–Trinajstić information content (AvgIpc) is 2.09. The molecule has 0 saturated heterocycles. The van der Waals surface area contributed by atoms with E-state index in [1.54, 1.807) is 0 Å². The van der Waals surface area contributed by atoms with Gasteiger partial charge in [0.05, 0.1) is 12.2 Å². The number of nitrogens with one attached hydrogen (secondary N) is 1. The number of nitrogens with zero attached hydrogens (tertiary/aromatic N) is 2. The van der Waals surface area contributed by atoms with Crippen LogP contribution in [0.2, 0.25) is 5.28 Å². The third-order valence-electron chi connectivity index (χ3n) is 1.83. The van der Waals surface area contributed by atoms with Crippen LogP contribution in [0.25, 0.3) is 0 Å². The Labute approximate surface area is 89.7 Å². The third-order valence-corrected chi connectivity index (χ3v) is 2.01. The summed E-state index contributed by atoms with van der Waals surface area (Å²) in [5.74, 6) is -4.14. The number of rotatable bonds is 3. The molecule has 0 aliphatic carbocycles. The molecule has 1 N–H and O–H groups in total. The first-order valence-electron chi connectivity index (χ1n) is 4.13. The van der Waals surface area contributed by atoms with Crippen LogP contribution in [0.4, 0.5) is 19.0 Å². The van der Waals surface area contributed by atoms with Gasteiger partial charge in [-0.05, 0) is 18.5 Å². The second-order valence-electron chi connectivity index (χ2n) is 3.16. The minimum atomic E-state index is -2.98. The molecule has 1 aromatic heterocycles. The van der Waals surface area contributed by atoms with Crippen molar-refractivity contribution >= 4 is 17.4 Å². The minimum absolute atomic E-state index is 0.203. The summed E-state index contributed by atoms with van der Waals surface area (Å²) in [6.07, 6.45) is 0.818. The lowest BCUT2D eigenvalue weighted by Crippen LogP contribution is -2.34. The van der Waals surface area contributed by atoms with Crippen LogP contribution >= 0.6 is 11.6 Å². The maximum atomic E-state index is 13.0. The van der Waals surface area contributed by atoms with Gasteiger partial charge >= 0.3 is 0 Å². The minimum Gasteiger partial charge on any atom is -0.359 e. The summed E-state index contributed by atoms with van der Waals surface area (Å²) in [5, 5.41) is 2.03. The Hall–Kier alpha value is -1.04. The van der Waals surface area contributed by atoms with Crippen LogP contribution in [-0.2, 0) is 0 Å². The topological polar surface area (TPSA) is 37.8 Å². The molecule has 1 unspecified atom stereocenters. The first-order chi connectivity index (χ1) is 6.80. The van der Waals surface area contributed by atoms with E-state index >= 15 is 0 Å². The van der Waals surface area contributed by atoms with Gasteiger partial charge in [-0.25, -0.2) is 18.2 Å². The van der Waals surface area contributed by atoms with Crippen LogP contribution in [0.3, 0.4) is 0 Å². The van der Waals surface area contributed by atoms with Crippen molar-refractivity contribution < 1.29 is 13.2 Å². The van der Waals surface area contributed by atoms with Gasteiger partial charge in [0, 0.05) is 6.92 Å². The Morgan fingerprint density at radius 2 is 2.13 bits per heavy atom. The number of aromatic nitrogens is 2. The molecule has 1 heterocycles. The Morgan fingerprint density at radius 3 is 2.67 bits per heavy atom. The predicted octanol–water partition coefficient (Wildman–Crippen LogP) is 2.72. The van der Waals surface area contributed by atoms with Crippen molar-refractivity contribution in [3.05, 3.63) is 17.3 Å². The van der Waals surface area contributed by atoms with E-state index in [1.165, 1.54) is 6.92 Å². The second-order valence-corrected chi connectivity index (χ2v) is 3.50. The number of halogens is 4. The summed E-state index contributed by atoms with van der Waals surface area (Å²) in [4.78, 5) is 6.82. The molecule has 0 aromatic carbocycles. The zero-order valence-electron chi connectivity index (χ0n) is 8.06. The van der Waals surface area contributed by atoms with Gasteiger partial charge in [0.15, 0.2) is 11.6 Å². The van der Waals surface area contributed by atoms with Gasteiger partial charge in [-0.2, -0.15) is 4.98 Å². The Bertz CT molecular complexity index is 353. The summed E-state index contributed by atoms with van der Waals surface area (Å²) in [6, 6.07) is -1.25. The monoisotopic (exact) mass is 239 g/mol. The van der Waals surface area contributed by atoms with Gasteiger partial charge < -0.3 is 5.32 Å². The molecule has 15 heavy (non-hydrogen) atoms. The molecule has 7 heteroatoms. The highest BCUT2D eigenvalue weighted by molar-refractivity contribution is 6.28. The van der Waals surface area contributed by atoms with Gasteiger partial charge in [0.1, 0.15) is 0 Å². The van der Waals surface area contributed by atoms with Crippen LogP contribution in [0.1, 0.15) is 13.8 Å². The first kappa shape index (κ1) is 12.0. The molecule has 0 spiro atoms. The summed E-state index contributed by atoms with van der Waals surface area (Å²) < 4.78 is 38.6. The van der Waals surface area contributed by atoms with Gasteiger partial charge in [0.25, 0.3) is 5.92 Å². The molecule has 0 amide bonds. The second kappa shape index (κ2) is 4.22. The average molecular weight is 240 g/mol. The Balaban J connectivity index is 2.85. The molecule has 0 fully saturated rings. The van der Waals surface area contributed by atoms with Crippen LogP contribution < -0.4 is 5.32 Å². The van der Waals surface area contributed by atoms with Crippen LogP contribution in [0.15, 0.2) is 6.20 Å². The van der Waals surface area contributed by atoms with Gasteiger partial charge in [-0.15, -0.1) is 0 Å². The van der Waals surface area contributed by atoms with E-state index in [-0.39, 0.29) is 11.1 Å². The van der Waals surface area contributed by atoms with E-state index in [4.69, 9.17) is 11.6 Å². The fraction of sp³-hybridized carbons (Fsp3) is 0.500. The fourth-order valence-electron chi connectivity index (χ4n) is 0.779. The molecule has 0 saturated carbocycles. The highest BCUT2D eigenvalue weighted by Gasteiger charge is 2.30. The summed E-state index contributed by atoms with van der Waals surface area (Å²) >= 11 is 5.40. The standard InChI is InChI=1S/C8H9ClF3N3/c1-4(8(2,11)12)14-6-5(10)3-13-7(9)15-6/h3-4H,1-2H3,(H,13,14,15).